The molecule has 0 spiro atoms. The van der Waals surface area contributed by atoms with Crippen LogP contribution in [0.15, 0.2) is 72.4 Å². The van der Waals surface area contributed by atoms with E-state index in [2.05, 4.69) is 5.32 Å². The first-order valence-corrected chi connectivity index (χ1v) is 9.35. The van der Waals surface area contributed by atoms with Gasteiger partial charge in [-0.25, -0.2) is 4.39 Å². The maximum atomic E-state index is 13.6. The Morgan fingerprint density at radius 2 is 1.77 bits per heavy atom. The Labute approximate surface area is 180 Å². The monoisotopic (exact) mass is 436 g/mol. The molecule has 1 aromatic heterocycles. The van der Waals surface area contributed by atoms with Crippen molar-refractivity contribution in [1.82, 2.24) is 9.88 Å². The molecule has 31 heavy (non-hydrogen) atoms. The smallest absolute Gasteiger partial charge is 0.270 e. The van der Waals surface area contributed by atoms with Crippen LogP contribution in [-0.2, 0) is 9.59 Å². The van der Waals surface area contributed by atoms with Gasteiger partial charge in [-0.05, 0) is 60.8 Å². The predicted octanol–water partition coefficient (Wildman–Crippen LogP) is 3.36. The topological polar surface area (TPSA) is 97.5 Å². The van der Waals surface area contributed by atoms with Crippen LogP contribution < -0.4 is 10.2 Å². The third kappa shape index (κ3) is 3.83. The summed E-state index contributed by atoms with van der Waals surface area (Å²) in [5.41, 5.74) is 1.02. The summed E-state index contributed by atoms with van der Waals surface area (Å²) in [7, 11) is 0. The molecule has 4 rings (SSSR count). The zero-order valence-corrected chi connectivity index (χ0v) is 16.5. The number of hydrogen-bond acceptors (Lipinski definition) is 5. The molecule has 0 saturated carbocycles. The van der Waals surface area contributed by atoms with Gasteiger partial charge in [-0.15, -0.1) is 0 Å². The number of amides is 2. The van der Waals surface area contributed by atoms with E-state index in [1.54, 1.807) is 35.0 Å². The Morgan fingerprint density at radius 3 is 2.45 bits per heavy atom. The summed E-state index contributed by atoms with van der Waals surface area (Å²) in [6, 6.07) is 14.5. The molecule has 154 valence electrons. The second-order valence-corrected chi connectivity index (χ2v) is 6.90. The van der Waals surface area contributed by atoms with Crippen LogP contribution in [0.2, 0.25) is 0 Å². The van der Waals surface area contributed by atoms with Gasteiger partial charge in [-0.3, -0.25) is 29.9 Å². The molecule has 10 heteroatoms. The fraction of sp³-hybridized carbons (Fsp3) is 0. The number of anilines is 1. The van der Waals surface area contributed by atoms with E-state index in [0.29, 0.717) is 11.4 Å². The molecule has 0 bridgehead atoms. The maximum absolute atomic E-state index is 13.6. The number of thiocarbonyl (C=S) groups is 1. The third-order valence-corrected chi connectivity index (χ3v) is 4.86. The molecular weight excluding hydrogens is 423 g/mol. The highest BCUT2D eigenvalue weighted by molar-refractivity contribution is 7.80. The summed E-state index contributed by atoms with van der Waals surface area (Å²) in [4.78, 5) is 36.9. The van der Waals surface area contributed by atoms with Crippen LogP contribution in [0.3, 0.4) is 0 Å². The van der Waals surface area contributed by atoms with E-state index in [-0.39, 0.29) is 22.1 Å². The minimum Gasteiger partial charge on any atom is -0.317 e. The SMILES string of the molecule is O=C1NC(=S)N(c2cccc(F)c2)C(=O)/C1=C/c1cccn1-c1ccc([N+](=O)[O-])cc1. The highest BCUT2D eigenvalue weighted by atomic mass is 32.1. The molecule has 1 N–H and O–H groups in total. The fourth-order valence-electron chi connectivity index (χ4n) is 3.14. The average Bonchev–Trinajstić information content (AvgIpc) is 3.19. The van der Waals surface area contributed by atoms with Gasteiger partial charge in [0.2, 0.25) is 0 Å². The molecule has 1 aliphatic heterocycles. The lowest BCUT2D eigenvalue weighted by molar-refractivity contribution is -0.384. The molecule has 1 fully saturated rings. The van der Waals surface area contributed by atoms with Crippen molar-refractivity contribution in [2.75, 3.05) is 4.90 Å². The van der Waals surface area contributed by atoms with E-state index in [1.807, 2.05) is 0 Å². The van der Waals surface area contributed by atoms with Crippen molar-refractivity contribution in [1.29, 1.82) is 0 Å². The van der Waals surface area contributed by atoms with E-state index >= 15 is 0 Å². The third-order valence-electron chi connectivity index (χ3n) is 4.58. The van der Waals surface area contributed by atoms with Gasteiger partial charge in [0.1, 0.15) is 11.4 Å². The minimum absolute atomic E-state index is 0.0584. The first kappa shape index (κ1) is 20.1. The summed E-state index contributed by atoms with van der Waals surface area (Å²) in [6.45, 7) is 0. The molecule has 0 radical (unpaired) electrons. The quantitative estimate of drug-likeness (QED) is 0.222. The van der Waals surface area contributed by atoms with Crippen LogP contribution in [0.5, 0.6) is 0 Å². The lowest BCUT2D eigenvalue weighted by Gasteiger charge is -2.29. The lowest BCUT2D eigenvalue weighted by atomic mass is 10.1. The number of carbonyl (C=O) groups is 2. The standard InChI is InChI=1S/C21H13FN4O4S/c22-13-3-1-4-17(11-13)25-20(28)18(19(27)23-21(25)31)12-16-5-2-10-24(16)14-6-8-15(9-7-14)26(29)30/h1-12H,(H,23,27,31)/b18-12+. The zero-order valence-electron chi connectivity index (χ0n) is 15.7. The molecule has 0 aliphatic carbocycles. The first-order chi connectivity index (χ1) is 14.8. The van der Waals surface area contributed by atoms with Crippen molar-refractivity contribution < 1.29 is 18.9 Å². The van der Waals surface area contributed by atoms with Gasteiger partial charge in [-0.1, -0.05) is 6.07 Å². The molecule has 0 unspecified atom stereocenters. The van der Waals surface area contributed by atoms with Gasteiger partial charge in [0.25, 0.3) is 17.5 Å². The minimum atomic E-state index is -0.698. The predicted molar refractivity (Wildman–Crippen MR) is 115 cm³/mol. The lowest BCUT2D eigenvalue weighted by Crippen LogP contribution is -2.54. The number of nitro groups is 1. The van der Waals surface area contributed by atoms with Crippen LogP contribution in [0.25, 0.3) is 11.8 Å². The molecule has 8 nitrogen and oxygen atoms in total. The van der Waals surface area contributed by atoms with Gasteiger partial charge in [0, 0.05) is 29.7 Å². The van der Waals surface area contributed by atoms with Crippen LogP contribution >= 0.6 is 12.2 Å². The van der Waals surface area contributed by atoms with E-state index < -0.39 is 22.6 Å². The first-order valence-electron chi connectivity index (χ1n) is 8.94. The second-order valence-electron chi connectivity index (χ2n) is 6.51. The molecule has 3 aromatic rings. The Hall–Kier alpha value is -4.18. The zero-order chi connectivity index (χ0) is 22.1. The van der Waals surface area contributed by atoms with E-state index in [1.165, 1.54) is 36.4 Å². The fourth-order valence-corrected chi connectivity index (χ4v) is 3.42. The number of halogens is 1. The van der Waals surface area contributed by atoms with Crippen LogP contribution in [-0.4, -0.2) is 26.4 Å². The number of non-ortho nitro benzene ring substituents is 1. The summed E-state index contributed by atoms with van der Waals surface area (Å²) in [6.07, 6.45) is 3.07. The molecule has 1 saturated heterocycles. The number of nitrogens with zero attached hydrogens (tertiary/aromatic N) is 3. The Balaban J connectivity index is 1.72. The van der Waals surface area contributed by atoms with Crippen molar-refractivity contribution in [2.24, 2.45) is 0 Å². The molecule has 2 heterocycles. The summed E-state index contributed by atoms with van der Waals surface area (Å²) in [5, 5.41) is 13.2. The molecule has 0 atom stereocenters. The molecular formula is C21H13FN4O4S. The Bertz CT molecular complexity index is 1270. The van der Waals surface area contributed by atoms with Crippen LogP contribution in [0, 0.1) is 15.9 Å². The van der Waals surface area contributed by atoms with Gasteiger partial charge < -0.3 is 4.57 Å². The molecule has 1 aliphatic rings. The van der Waals surface area contributed by atoms with E-state index in [4.69, 9.17) is 12.2 Å². The van der Waals surface area contributed by atoms with E-state index in [0.717, 1.165) is 11.0 Å². The van der Waals surface area contributed by atoms with Gasteiger partial charge in [0.05, 0.1) is 10.6 Å². The van der Waals surface area contributed by atoms with Crippen molar-refractivity contribution in [2.45, 2.75) is 0 Å². The van der Waals surface area contributed by atoms with Crippen LogP contribution in [0.4, 0.5) is 15.8 Å². The number of carbonyl (C=O) groups excluding carboxylic acids is 2. The summed E-state index contributed by atoms with van der Waals surface area (Å²) < 4.78 is 15.3. The highest BCUT2D eigenvalue weighted by Crippen LogP contribution is 2.24. The molecule has 2 amide bonds. The number of nitrogens with one attached hydrogen (secondary N) is 1. The van der Waals surface area contributed by atoms with Crippen molar-refractivity contribution in [3.63, 3.8) is 0 Å². The summed E-state index contributed by atoms with van der Waals surface area (Å²) >= 11 is 5.11. The second kappa shape index (κ2) is 7.92. The number of rotatable bonds is 4. The van der Waals surface area contributed by atoms with E-state index in [9.17, 15) is 24.1 Å². The van der Waals surface area contributed by atoms with Crippen molar-refractivity contribution >= 4 is 46.6 Å². The summed E-state index contributed by atoms with van der Waals surface area (Å²) in [5.74, 6) is -1.93. The van der Waals surface area contributed by atoms with Gasteiger partial charge >= 0.3 is 0 Å². The Morgan fingerprint density at radius 1 is 1.03 bits per heavy atom. The van der Waals surface area contributed by atoms with Crippen molar-refractivity contribution in [3.8, 4) is 5.69 Å². The largest absolute Gasteiger partial charge is 0.317 e. The number of benzene rings is 2. The van der Waals surface area contributed by atoms with Gasteiger partial charge in [0.15, 0.2) is 5.11 Å². The highest BCUT2D eigenvalue weighted by Gasteiger charge is 2.34. The molecule has 2 aromatic carbocycles. The van der Waals surface area contributed by atoms with Crippen molar-refractivity contribution in [3.05, 3.63) is 94.1 Å². The number of aromatic nitrogens is 1. The Kier molecular flexibility index (Phi) is 5.14. The number of nitro benzene ring substituents is 1. The average molecular weight is 436 g/mol. The number of hydrogen-bond donors (Lipinski definition) is 1. The maximum Gasteiger partial charge on any atom is 0.270 e. The van der Waals surface area contributed by atoms with Crippen LogP contribution in [0.1, 0.15) is 5.69 Å². The normalized spacial score (nSPS) is 15.3. The van der Waals surface area contributed by atoms with Gasteiger partial charge in [-0.2, -0.15) is 0 Å².